The van der Waals surface area contributed by atoms with E-state index in [4.69, 9.17) is 5.73 Å². The lowest BCUT2D eigenvalue weighted by atomic mass is 10.1. The van der Waals surface area contributed by atoms with E-state index in [9.17, 15) is 4.79 Å². The molecule has 4 nitrogen and oxygen atoms in total. The van der Waals surface area contributed by atoms with E-state index in [-0.39, 0.29) is 11.9 Å². The minimum absolute atomic E-state index is 0.0266. The Morgan fingerprint density at radius 3 is 3.00 bits per heavy atom. The van der Waals surface area contributed by atoms with Gasteiger partial charge in [0, 0.05) is 32.1 Å². The van der Waals surface area contributed by atoms with Crippen LogP contribution in [-0.2, 0) is 4.79 Å². The molecular formula is C10H21N3O. The normalized spacial score (nSPS) is 20.3. The molecule has 1 aliphatic heterocycles. The third kappa shape index (κ3) is 3.64. The van der Waals surface area contributed by atoms with Gasteiger partial charge in [0.1, 0.15) is 0 Å². The number of nitrogens with zero attached hydrogens (tertiary/aromatic N) is 1. The van der Waals surface area contributed by atoms with Crippen LogP contribution < -0.4 is 11.1 Å². The number of amides is 1. The van der Waals surface area contributed by atoms with Gasteiger partial charge in [-0.05, 0) is 19.4 Å². The highest BCUT2D eigenvalue weighted by Gasteiger charge is 2.16. The molecule has 1 amide bonds. The van der Waals surface area contributed by atoms with Gasteiger partial charge in [-0.3, -0.25) is 4.79 Å². The molecule has 1 aliphatic rings. The zero-order chi connectivity index (χ0) is 10.4. The molecule has 1 atom stereocenters. The van der Waals surface area contributed by atoms with Crippen LogP contribution in [0.15, 0.2) is 0 Å². The molecule has 82 valence electrons. The first-order chi connectivity index (χ1) is 6.74. The fourth-order valence-electron chi connectivity index (χ4n) is 1.59. The van der Waals surface area contributed by atoms with E-state index in [1.807, 2.05) is 11.8 Å². The van der Waals surface area contributed by atoms with Gasteiger partial charge in [-0.1, -0.05) is 6.92 Å². The van der Waals surface area contributed by atoms with Crippen molar-refractivity contribution < 1.29 is 4.79 Å². The maximum atomic E-state index is 11.7. The van der Waals surface area contributed by atoms with Crippen molar-refractivity contribution >= 4 is 5.91 Å². The molecule has 3 N–H and O–H groups in total. The Bertz CT molecular complexity index is 176. The number of hydrogen-bond donors (Lipinski definition) is 2. The van der Waals surface area contributed by atoms with Gasteiger partial charge < -0.3 is 16.0 Å². The van der Waals surface area contributed by atoms with Gasteiger partial charge in [0.25, 0.3) is 0 Å². The predicted molar refractivity (Wildman–Crippen MR) is 57.0 cm³/mol. The highest BCUT2D eigenvalue weighted by Crippen LogP contribution is 2.02. The average Bonchev–Trinajstić information content (AvgIpc) is 2.45. The Labute approximate surface area is 85.8 Å². The van der Waals surface area contributed by atoms with Crippen molar-refractivity contribution in [3.63, 3.8) is 0 Å². The number of nitrogens with two attached hydrogens (primary N) is 1. The average molecular weight is 199 g/mol. The lowest BCUT2D eigenvalue weighted by Gasteiger charge is -2.21. The van der Waals surface area contributed by atoms with Gasteiger partial charge >= 0.3 is 0 Å². The summed E-state index contributed by atoms with van der Waals surface area (Å²) in [5.74, 6) is 0.211. The second-order valence-electron chi connectivity index (χ2n) is 3.86. The fourth-order valence-corrected chi connectivity index (χ4v) is 1.59. The summed E-state index contributed by atoms with van der Waals surface area (Å²) in [4.78, 5) is 13.7. The number of nitrogens with one attached hydrogen (secondary N) is 1. The Morgan fingerprint density at radius 1 is 1.50 bits per heavy atom. The van der Waals surface area contributed by atoms with E-state index in [1.54, 1.807) is 0 Å². The molecule has 1 unspecified atom stereocenters. The van der Waals surface area contributed by atoms with E-state index >= 15 is 0 Å². The van der Waals surface area contributed by atoms with E-state index in [2.05, 4.69) is 5.32 Å². The highest BCUT2D eigenvalue weighted by atomic mass is 16.2. The van der Waals surface area contributed by atoms with Crippen LogP contribution in [0.3, 0.4) is 0 Å². The molecule has 1 fully saturated rings. The first-order valence-electron chi connectivity index (χ1n) is 5.48. The number of rotatable bonds is 3. The molecule has 0 aromatic rings. The number of carbonyl (C=O) groups excluding carboxylic acids is 1. The molecule has 0 bridgehead atoms. The first kappa shape index (κ1) is 11.5. The zero-order valence-corrected chi connectivity index (χ0v) is 8.96. The van der Waals surface area contributed by atoms with Crippen molar-refractivity contribution in [1.82, 2.24) is 10.2 Å². The fraction of sp³-hybridized carbons (Fsp3) is 0.900. The van der Waals surface area contributed by atoms with Gasteiger partial charge in [-0.2, -0.15) is 0 Å². The first-order valence-corrected chi connectivity index (χ1v) is 5.48. The van der Waals surface area contributed by atoms with Crippen molar-refractivity contribution in [2.24, 2.45) is 5.73 Å². The van der Waals surface area contributed by atoms with E-state index in [1.165, 1.54) is 0 Å². The Hall–Kier alpha value is -0.610. The van der Waals surface area contributed by atoms with E-state index in [0.29, 0.717) is 6.42 Å². The quantitative estimate of drug-likeness (QED) is 0.669. The monoisotopic (exact) mass is 199 g/mol. The molecule has 1 heterocycles. The second kappa shape index (κ2) is 5.98. The summed E-state index contributed by atoms with van der Waals surface area (Å²) in [7, 11) is 0. The molecular weight excluding hydrogens is 178 g/mol. The van der Waals surface area contributed by atoms with Crippen LogP contribution in [-0.4, -0.2) is 43.0 Å². The number of hydrogen-bond acceptors (Lipinski definition) is 3. The third-order valence-electron chi connectivity index (χ3n) is 2.65. The van der Waals surface area contributed by atoms with Crippen LogP contribution in [0.1, 0.15) is 26.2 Å². The van der Waals surface area contributed by atoms with Gasteiger partial charge in [-0.15, -0.1) is 0 Å². The molecule has 4 heteroatoms. The van der Waals surface area contributed by atoms with Crippen LogP contribution in [0.2, 0.25) is 0 Å². The predicted octanol–water partition coefficient (Wildman–Crippen LogP) is -0.0643. The van der Waals surface area contributed by atoms with Crippen LogP contribution in [0.5, 0.6) is 0 Å². The minimum Gasteiger partial charge on any atom is -0.341 e. The summed E-state index contributed by atoms with van der Waals surface area (Å²) in [6.07, 6.45) is 2.42. The van der Waals surface area contributed by atoms with Crippen LogP contribution in [0.25, 0.3) is 0 Å². The zero-order valence-electron chi connectivity index (χ0n) is 8.96. The van der Waals surface area contributed by atoms with Crippen molar-refractivity contribution in [2.75, 3.05) is 26.2 Å². The van der Waals surface area contributed by atoms with Crippen molar-refractivity contribution in [3.8, 4) is 0 Å². The summed E-state index contributed by atoms with van der Waals surface area (Å²) < 4.78 is 0. The third-order valence-corrected chi connectivity index (χ3v) is 2.65. The maximum absolute atomic E-state index is 11.7. The highest BCUT2D eigenvalue weighted by molar-refractivity contribution is 5.76. The molecule has 0 saturated carbocycles. The molecule has 0 aliphatic carbocycles. The molecule has 0 radical (unpaired) electrons. The summed E-state index contributed by atoms with van der Waals surface area (Å²) in [6.45, 7) is 5.65. The second-order valence-corrected chi connectivity index (χ2v) is 3.86. The van der Waals surface area contributed by atoms with Gasteiger partial charge in [-0.25, -0.2) is 0 Å². The smallest absolute Gasteiger partial charge is 0.224 e. The standard InChI is InChI=1S/C10H21N3O/c1-2-9(11)8-10(14)13-6-3-4-12-5-7-13/h9,12H,2-8,11H2,1H3. The Morgan fingerprint density at radius 2 is 2.29 bits per heavy atom. The lowest BCUT2D eigenvalue weighted by Crippen LogP contribution is -2.37. The molecule has 1 rings (SSSR count). The maximum Gasteiger partial charge on any atom is 0.224 e. The van der Waals surface area contributed by atoms with Crippen LogP contribution in [0.4, 0.5) is 0 Å². The van der Waals surface area contributed by atoms with Crippen molar-refractivity contribution in [3.05, 3.63) is 0 Å². The summed E-state index contributed by atoms with van der Waals surface area (Å²) in [6, 6.07) is 0.0266. The Balaban J connectivity index is 2.34. The van der Waals surface area contributed by atoms with E-state index in [0.717, 1.165) is 39.0 Å². The molecule has 14 heavy (non-hydrogen) atoms. The SMILES string of the molecule is CCC(N)CC(=O)N1CCCNCC1. The largest absolute Gasteiger partial charge is 0.341 e. The van der Waals surface area contributed by atoms with Crippen molar-refractivity contribution in [2.45, 2.75) is 32.2 Å². The van der Waals surface area contributed by atoms with E-state index < -0.39 is 0 Å². The van der Waals surface area contributed by atoms with Gasteiger partial charge in [0.15, 0.2) is 0 Å². The summed E-state index contributed by atoms with van der Waals surface area (Å²) >= 11 is 0. The van der Waals surface area contributed by atoms with Gasteiger partial charge in [0.05, 0.1) is 0 Å². The minimum atomic E-state index is 0.0266. The van der Waals surface area contributed by atoms with Crippen molar-refractivity contribution in [1.29, 1.82) is 0 Å². The van der Waals surface area contributed by atoms with Gasteiger partial charge in [0.2, 0.25) is 5.91 Å². The molecule has 0 aromatic carbocycles. The molecule has 0 spiro atoms. The Kier molecular flexibility index (Phi) is 4.90. The summed E-state index contributed by atoms with van der Waals surface area (Å²) in [5, 5.41) is 3.27. The summed E-state index contributed by atoms with van der Waals surface area (Å²) in [5.41, 5.74) is 5.76. The molecule has 1 saturated heterocycles. The lowest BCUT2D eigenvalue weighted by molar-refractivity contribution is -0.131. The number of carbonyl (C=O) groups is 1. The van der Waals surface area contributed by atoms with Crippen LogP contribution in [0, 0.1) is 0 Å². The van der Waals surface area contributed by atoms with Crippen LogP contribution >= 0.6 is 0 Å². The topological polar surface area (TPSA) is 58.4 Å². The molecule has 0 aromatic heterocycles.